The van der Waals surface area contributed by atoms with Gasteiger partial charge in [0.1, 0.15) is 11.4 Å². The Bertz CT molecular complexity index is 1490. The quantitative estimate of drug-likeness (QED) is 0.380. The lowest BCUT2D eigenvalue weighted by atomic mass is 9.77. The summed E-state index contributed by atoms with van der Waals surface area (Å²) in [5.41, 5.74) is 1.40. The van der Waals surface area contributed by atoms with Crippen molar-refractivity contribution < 1.29 is 14.1 Å². The van der Waals surface area contributed by atoms with Crippen LogP contribution in [0.15, 0.2) is 46.0 Å². The van der Waals surface area contributed by atoms with E-state index in [1.807, 2.05) is 0 Å². The van der Waals surface area contributed by atoms with Crippen molar-refractivity contribution >= 4 is 28.7 Å². The van der Waals surface area contributed by atoms with E-state index in [1.165, 1.54) is 15.3 Å². The Kier molecular flexibility index (Phi) is 5.02. The van der Waals surface area contributed by atoms with Crippen molar-refractivity contribution in [3.05, 3.63) is 58.5 Å². The molecule has 3 N–H and O–H groups in total. The molecule has 5 heterocycles. The van der Waals surface area contributed by atoms with Crippen molar-refractivity contribution in [1.82, 2.24) is 29.6 Å². The first-order chi connectivity index (χ1) is 17.0. The highest BCUT2D eigenvalue weighted by molar-refractivity contribution is 5.94. The minimum atomic E-state index is -0.326. The number of imidazole rings is 1. The maximum atomic E-state index is 13.1. The lowest BCUT2D eigenvalue weighted by molar-refractivity contribution is -0.000686. The number of rotatable bonds is 6. The number of hydrogen-bond donors (Lipinski definition) is 3. The van der Waals surface area contributed by atoms with E-state index >= 15 is 0 Å². The number of fused-ring (bicyclic) bond motifs is 2. The van der Waals surface area contributed by atoms with Crippen LogP contribution in [-0.2, 0) is 4.74 Å². The van der Waals surface area contributed by atoms with Gasteiger partial charge < -0.3 is 25.2 Å². The highest BCUT2D eigenvalue weighted by atomic mass is 16.5. The maximum absolute atomic E-state index is 13.1. The first-order valence-electron chi connectivity index (χ1n) is 11.4. The lowest BCUT2D eigenvalue weighted by Gasteiger charge is -2.39. The van der Waals surface area contributed by atoms with Gasteiger partial charge in [-0.25, -0.2) is 9.50 Å². The zero-order valence-electron chi connectivity index (χ0n) is 19.2. The zero-order valence-corrected chi connectivity index (χ0v) is 19.2. The van der Waals surface area contributed by atoms with Gasteiger partial charge in [0.2, 0.25) is 0 Å². The average Bonchev–Trinajstić information content (AvgIpc) is 3.56. The van der Waals surface area contributed by atoms with Crippen LogP contribution in [0.3, 0.4) is 0 Å². The van der Waals surface area contributed by atoms with Crippen molar-refractivity contribution in [2.75, 3.05) is 24.3 Å². The van der Waals surface area contributed by atoms with Crippen molar-refractivity contribution in [3.63, 3.8) is 0 Å². The number of amides is 1. The Balaban J connectivity index is 1.31. The molecule has 0 aromatic carbocycles. The normalized spacial score (nSPS) is 20.9. The fourth-order valence-corrected chi connectivity index (χ4v) is 4.74. The van der Waals surface area contributed by atoms with E-state index < -0.39 is 0 Å². The Morgan fingerprint density at radius 2 is 2.14 bits per heavy atom. The predicted molar refractivity (Wildman–Crippen MR) is 126 cm³/mol. The highest BCUT2D eigenvalue weighted by Crippen LogP contribution is 2.38. The molecule has 0 radical (unpaired) electrons. The van der Waals surface area contributed by atoms with E-state index in [9.17, 15) is 9.59 Å². The molecule has 4 aromatic heterocycles. The second kappa shape index (κ2) is 8.24. The number of hydrogen-bond acceptors (Lipinski definition) is 9. The summed E-state index contributed by atoms with van der Waals surface area (Å²) in [7, 11) is 1.75. The van der Waals surface area contributed by atoms with Gasteiger partial charge in [-0.05, 0) is 37.8 Å². The summed E-state index contributed by atoms with van der Waals surface area (Å²) in [4.78, 5) is 30.5. The van der Waals surface area contributed by atoms with Crippen LogP contribution in [0.4, 0.5) is 17.2 Å². The second-order valence-electron chi connectivity index (χ2n) is 8.79. The summed E-state index contributed by atoms with van der Waals surface area (Å²) in [6.45, 7) is 2.50. The largest absolute Gasteiger partial charge is 0.385 e. The standard InChI is InChI=1S/C23H24N8O4/c1-12-8-19(29-35-12)30-6-3-4-14(23(30)33)26-18-10-16(24-2)21-25-11-17(31(21)28-18)22(32)27-15-9-13-5-7-34-20(13)15/h3-4,6,8,10-11,13,15,20,24H,5,7,9H2,1-2H3,(H,26,28)(H,27,32)/t13-,15?,20?/m1/s1. The van der Waals surface area contributed by atoms with Gasteiger partial charge in [0.25, 0.3) is 11.5 Å². The Morgan fingerprint density at radius 3 is 2.91 bits per heavy atom. The monoisotopic (exact) mass is 476 g/mol. The van der Waals surface area contributed by atoms with Crippen LogP contribution >= 0.6 is 0 Å². The summed E-state index contributed by atoms with van der Waals surface area (Å²) < 4.78 is 13.7. The molecule has 6 rings (SSSR count). The number of nitrogens with zero attached hydrogens (tertiary/aromatic N) is 5. The zero-order chi connectivity index (χ0) is 24.1. The number of aryl methyl sites for hydroxylation is 1. The van der Waals surface area contributed by atoms with Crippen LogP contribution in [0, 0.1) is 12.8 Å². The molecule has 0 spiro atoms. The van der Waals surface area contributed by atoms with Crippen LogP contribution in [-0.4, -0.2) is 56.0 Å². The molecule has 35 heavy (non-hydrogen) atoms. The third-order valence-corrected chi connectivity index (χ3v) is 6.58. The van der Waals surface area contributed by atoms with Gasteiger partial charge >= 0.3 is 0 Å². The molecule has 1 saturated heterocycles. The molecule has 180 valence electrons. The third-order valence-electron chi connectivity index (χ3n) is 6.58. The van der Waals surface area contributed by atoms with E-state index in [0.29, 0.717) is 40.3 Å². The molecule has 2 unspecified atom stereocenters. The number of ether oxygens (including phenoxy) is 1. The number of carbonyl (C=O) groups is 1. The minimum absolute atomic E-state index is 0.00594. The molecule has 1 aliphatic heterocycles. The van der Waals surface area contributed by atoms with Gasteiger partial charge in [-0.1, -0.05) is 5.16 Å². The topological polar surface area (TPSA) is 141 Å². The number of nitrogens with one attached hydrogen (secondary N) is 3. The fraction of sp³-hybridized carbons (Fsp3) is 0.348. The Morgan fingerprint density at radius 1 is 1.26 bits per heavy atom. The van der Waals surface area contributed by atoms with Gasteiger partial charge in [0.05, 0.1) is 24.0 Å². The number of anilines is 3. The predicted octanol–water partition coefficient (Wildman–Crippen LogP) is 1.87. The number of aromatic nitrogens is 5. The highest BCUT2D eigenvalue weighted by Gasteiger charge is 2.46. The van der Waals surface area contributed by atoms with Crippen LogP contribution in [0.1, 0.15) is 29.1 Å². The first-order valence-corrected chi connectivity index (χ1v) is 11.4. The molecule has 12 heteroatoms. The molecule has 1 saturated carbocycles. The van der Waals surface area contributed by atoms with Crippen LogP contribution < -0.4 is 21.5 Å². The van der Waals surface area contributed by atoms with E-state index in [1.54, 1.807) is 44.4 Å². The van der Waals surface area contributed by atoms with E-state index in [0.717, 1.165) is 19.4 Å². The summed E-state index contributed by atoms with van der Waals surface area (Å²) in [6.07, 6.45) is 5.16. The SMILES string of the molecule is CNc1cc(Nc2cccn(-c3cc(C)on3)c2=O)nn2c(C(=O)NC3C[C@H]4CCOC34)cnc12. The molecule has 2 fully saturated rings. The summed E-state index contributed by atoms with van der Waals surface area (Å²) >= 11 is 0. The molecule has 3 atom stereocenters. The van der Waals surface area contributed by atoms with Crippen molar-refractivity contribution in [3.8, 4) is 5.82 Å². The van der Waals surface area contributed by atoms with Gasteiger partial charge in [0, 0.05) is 32.0 Å². The van der Waals surface area contributed by atoms with Gasteiger partial charge in [0.15, 0.2) is 23.0 Å². The molecule has 1 amide bonds. The van der Waals surface area contributed by atoms with Crippen LogP contribution in [0.25, 0.3) is 11.5 Å². The molecular weight excluding hydrogens is 452 g/mol. The molecule has 12 nitrogen and oxygen atoms in total. The van der Waals surface area contributed by atoms with Gasteiger partial charge in [-0.2, -0.15) is 0 Å². The number of pyridine rings is 1. The molecule has 1 aliphatic carbocycles. The molecular formula is C23H24N8O4. The minimum Gasteiger partial charge on any atom is -0.385 e. The van der Waals surface area contributed by atoms with Crippen molar-refractivity contribution in [2.24, 2.45) is 5.92 Å². The third kappa shape index (κ3) is 3.62. The van der Waals surface area contributed by atoms with Gasteiger partial charge in [-0.15, -0.1) is 5.10 Å². The smallest absolute Gasteiger partial charge is 0.280 e. The van der Waals surface area contributed by atoms with E-state index in [4.69, 9.17) is 9.26 Å². The first kappa shape index (κ1) is 21.4. The van der Waals surface area contributed by atoms with Gasteiger partial charge in [-0.3, -0.25) is 14.2 Å². The maximum Gasteiger partial charge on any atom is 0.280 e. The van der Waals surface area contributed by atoms with E-state index in [2.05, 4.69) is 31.2 Å². The Labute approximate surface area is 199 Å². The van der Waals surface area contributed by atoms with Crippen molar-refractivity contribution in [1.29, 1.82) is 0 Å². The fourth-order valence-electron chi connectivity index (χ4n) is 4.74. The summed E-state index contributed by atoms with van der Waals surface area (Å²) in [5.74, 6) is 1.60. The average molecular weight is 476 g/mol. The van der Waals surface area contributed by atoms with Crippen LogP contribution in [0.2, 0.25) is 0 Å². The second-order valence-corrected chi connectivity index (χ2v) is 8.79. The molecule has 4 aromatic rings. The van der Waals surface area contributed by atoms with Crippen LogP contribution in [0.5, 0.6) is 0 Å². The van der Waals surface area contributed by atoms with E-state index in [-0.39, 0.29) is 29.3 Å². The van der Waals surface area contributed by atoms with Crippen molar-refractivity contribution in [2.45, 2.75) is 31.9 Å². The Hall–Kier alpha value is -4.19. The lowest BCUT2D eigenvalue weighted by Crippen LogP contribution is -2.54. The number of carbonyl (C=O) groups excluding carboxylic acids is 1. The molecule has 0 bridgehead atoms. The summed E-state index contributed by atoms with van der Waals surface area (Å²) in [6, 6.07) is 6.76. The summed E-state index contributed by atoms with van der Waals surface area (Å²) in [5, 5.41) is 17.7. The molecule has 2 aliphatic rings.